The van der Waals surface area contributed by atoms with Crippen LogP contribution in [0.15, 0.2) is 30.3 Å². The van der Waals surface area contributed by atoms with E-state index in [9.17, 15) is 4.79 Å². The molecule has 0 bridgehead atoms. The van der Waals surface area contributed by atoms with Gasteiger partial charge in [0.1, 0.15) is 0 Å². The Morgan fingerprint density at radius 1 is 1.24 bits per heavy atom. The lowest BCUT2D eigenvalue weighted by Crippen LogP contribution is -2.05. The zero-order chi connectivity index (χ0) is 12.4. The van der Waals surface area contributed by atoms with Crippen molar-refractivity contribution in [3.8, 4) is 11.3 Å². The number of nitrogens with zero attached hydrogens (tertiary/aromatic N) is 2. The Balaban J connectivity index is 2.44. The van der Waals surface area contributed by atoms with E-state index >= 15 is 0 Å². The van der Waals surface area contributed by atoms with Gasteiger partial charge in [0, 0.05) is 10.6 Å². The molecule has 2 rings (SSSR count). The van der Waals surface area contributed by atoms with Gasteiger partial charge < -0.3 is 5.11 Å². The number of aromatic nitrogens is 2. The van der Waals surface area contributed by atoms with Crippen LogP contribution in [0, 0.1) is 6.92 Å². The average Bonchev–Trinajstić information content (AvgIpc) is 2.29. The maximum absolute atomic E-state index is 10.8. The largest absolute Gasteiger partial charge is 0.476 e. The highest BCUT2D eigenvalue weighted by molar-refractivity contribution is 6.30. The van der Waals surface area contributed by atoms with Gasteiger partial charge in [0.05, 0.1) is 5.69 Å². The van der Waals surface area contributed by atoms with Crippen molar-refractivity contribution >= 4 is 17.6 Å². The van der Waals surface area contributed by atoms with E-state index in [4.69, 9.17) is 16.7 Å². The molecule has 0 unspecified atom stereocenters. The first-order valence-electron chi connectivity index (χ1n) is 4.91. The van der Waals surface area contributed by atoms with Crippen LogP contribution in [0.3, 0.4) is 0 Å². The molecule has 1 N–H and O–H groups in total. The quantitative estimate of drug-likeness (QED) is 0.888. The van der Waals surface area contributed by atoms with Crippen LogP contribution in [0.4, 0.5) is 0 Å². The van der Waals surface area contributed by atoms with Crippen LogP contribution < -0.4 is 0 Å². The molecule has 0 saturated carbocycles. The molecule has 2 aromatic rings. The summed E-state index contributed by atoms with van der Waals surface area (Å²) in [4.78, 5) is 10.8. The summed E-state index contributed by atoms with van der Waals surface area (Å²) in [6.07, 6.45) is 0. The molecule has 0 saturated heterocycles. The highest BCUT2D eigenvalue weighted by Crippen LogP contribution is 2.20. The molecule has 0 radical (unpaired) electrons. The minimum atomic E-state index is -1.07. The summed E-state index contributed by atoms with van der Waals surface area (Å²) in [7, 11) is 0. The van der Waals surface area contributed by atoms with E-state index in [1.54, 1.807) is 25.1 Å². The van der Waals surface area contributed by atoms with Crippen LogP contribution in [0.2, 0.25) is 5.02 Å². The maximum Gasteiger partial charge on any atom is 0.356 e. The number of rotatable bonds is 2. The van der Waals surface area contributed by atoms with Crippen LogP contribution >= 0.6 is 11.6 Å². The molecule has 0 amide bonds. The standard InChI is InChI=1S/C12H9ClN2O2/c1-7-6-10(14-15-11(7)12(16)17)8-2-4-9(13)5-3-8/h2-6H,1H3,(H,16,17). The van der Waals surface area contributed by atoms with Gasteiger partial charge >= 0.3 is 5.97 Å². The van der Waals surface area contributed by atoms with Gasteiger partial charge in [-0.15, -0.1) is 10.2 Å². The lowest BCUT2D eigenvalue weighted by molar-refractivity contribution is 0.0688. The molecule has 0 aliphatic rings. The molecule has 0 aliphatic carbocycles. The lowest BCUT2D eigenvalue weighted by Gasteiger charge is -2.03. The highest BCUT2D eigenvalue weighted by Gasteiger charge is 2.11. The zero-order valence-corrected chi connectivity index (χ0v) is 9.77. The van der Waals surface area contributed by atoms with Gasteiger partial charge in [-0.25, -0.2) is 4.79 Å². The van der Waals surface area contributed by atoms with Crippen molar-refractivity contribution in [3.63, 3.8) is 0 Å². The fraction of sp³-hybridized carbons (Fsp3) is 0.0833. The highest BCUT2D eigenvalue weighted by atomic mass is 35.5. The number of aromatic carboxylic acids is 1. The third-order valence-corrected chi connectivity index (χ3v) is 2.58. The third-order valence-electron chi connectivity index (χ3n) is 2.33. The van der Waals surface area contributed by atoms with Crippen molar-refractivity contribution in [2.75, 3.05) is 0 Å². The minimum absolute atomic E-state index is 0.0253. The van der Waals surface area contributed by atoms with E-state index in [-0.39, 0.29) is 5.69 Å². The Hall–Kier alpha value is -1.94. The fourth-order valence-corrected chi connectivity index (χ4v) is 1.58. The van der Waals surface area contributed by atoms with Crippen LogP contribution in [0.1, 0.15) is 16.1 Å². The first kappa shape index (κ1) is 11.5. The predicted octanol–water partition coefficient (Wildman–Crippen LogP) is 2.80. The molecule has 1 aromatic heterocycles. The number of hydrogen-bond donors (Lipinski definition) is 1. The molecule has 0 spiro atoms. The Kier molecular flexibility index (Phi) is 3.06. The molecule has 0 aliphatic heterocycles. The number of aryl methyl sites for hydroxylation is 1. The molecule has 4 nitrogen and oxygen atoms in total. The van der Waals surface area contributed by atoms with Crippen LogP contribution in [-0.2, 0) is 0 Å². The van der Waals surface area contributed by atoms with Crippen molar-refractivity contribution in [3.05, 3.63) is 46.6 Å². The lowest BCUT2D eigenvalue weighted by atomic mass is 10.1. The number of carboxylic acid groups (broad SMARTS) is 1. The van der Waals surface area contributed by atoms with E-state index in [0.29, 0.717) is 16.3 Å². The molecule has 0 fully saturated rings. The number of benzene rings is 1. The molecule has 5 heteroatoms. The van der Waals surface area contributed by atoms with Crippen molar-refractivity contribution in [2.45, 2.75) is 6.92 Å². The van der Waals surface area contributed by atoms with Gasteiger partial charge in [0.15, 0.2) is 5.69 Å². The van der Waals surface area contributed by atoms with Gasteiger partial charge in [-0.3, -0.25) is 0 Å². The summed E-state index contributed by atoms with van der Waals surface area (Å²) in [5.41, 5.74) is 2.03. The second-order valence-electron chi connectivity index (χ2n) is 3.57. The molecular weight excluding hydrogens is 240 g/mol. The predicted molar refractivity (Wildman–Crippen MR) is 64.2 cm³/mol. The van der Waals surface area contributed by atoms with E-state index < -0.39 is 5.97 Å². The van der Waals surface area contributed by atoms with Gasteiger partial charge in [-0.05, 0) is 30.7 Å². The normalized spacial score (nSPS) is 10.2. The Morgan fingerprint density at radius 2 is 1.88 bits per heavy atom. The first-order chi connectivity index (χ1) is 8.08. The summed E-state index contributed by atoms with van der Waals surface area (Å²) < 4.78 is 0. The van der Waals surface area contributed by atoms with Gasteiger partial charge in [0.2, 0.25) is 0 Å². The minimum Gasteiger partial charge on any atom is -0.476 e. The van der Waals surface area contributed by atoms with Gasteiger partial charge in [-0.1, -0.05) is 23.7 Å². The summed E-state index contributed by atoms with van der Waals surface area (Å²) >= 11 is 5.78. The van der Waals surface area contributed by atoms with Crippen LogP contribution in [0.5, 0.6) is 0 Å². The molecule has 1 aromatic carbocycles. The summed E-state index contributed by atoms with van der Waals surface area (Å²) in [5, 5.41) is 17.1. The second-order valence-corrected chi connectivity index (χ2v) is 4.01. The van der Waals surface area contributed by atoms with Crippen molar-refractivity contribution in [1.82, 2.24) is 10.2 Å². The molecule has 86 valence electrons. The van der Waals surface area contributed by atoms with E-state index in [0.717, 1.165) is 5.56 Å². The van der Waals surface area contributed by atoms with Gasteiger partial charge in [-0.2, -0.15) is 0 Å². The second kappa shape index (κ2) is 4.51. The third kappa shape index (κ3) is 2.42. The van der Waals surface area contributed by atoms with Crippen molar-refractivity contribution < 1.29 is 9.90 Å². The average molecular weight is 249 g/mol. The number of carboxylic acids is 1. The fourth-order valence-electron chi connectivity index (χ4n) is 1.46. The smallest absolute Gasteiger partial charge is 0.356 e. The summed E-state index contributed by atoms with van der Waals surface area (Å²) in [6.45, 7) is 1.69. The number of hydrogen-bond acceptors (Lipinski definition) is 3. The van der Waals surface area contributed by atoms with Crippen molar-refractivity contribution in [2.24, 2.45) is 0 Å². The van der Waals surface area contributed by atoms with E-state index in [1.165, 1.54) is 0 Å². The summed E-state index contributed by atoms with van der Waals surface area (Å²) in [5.74, 6) is -1.07. The molecule has 17 heavy (non-hydrogen) atoms. The Morgan fingerprint density at radius 3 is 2.41 bits per heavy atom. The zero-order valence-electron chi connectivity index (χ0n) is 9.01. The summed E-state index contributed by atoms with van der Waals surface area (Å²) in [6, 6.07) is 8.82. The van der Waals surface area contributed by atoms with Crippen LogP contribution in [-0.4, -0.2) is 21.3 Å². The Bertz CT molecular complexity index is 567. The first-order valence-corrected chi connectivity index (χ1v) is 5.29. The van der Waals surface area contributed by atoms with Crippen LogP contribution in [0.25, 0.3) is 11.3 Å². The Labute approximate surface area is 103 Å². The van der Waals surface area contributed by atoms with Crippen molar-refractivity contribution in [1.29, 1.82) is 0 Å². The number of halogens is 1. The number of carbonyl (C=O) groups is 1. The molecular formula is C12H9ClN2O2. The van der Waals surface area contributed by atoms with Gasteiger partial charge in [0.25, 0.3) is 0 Å². The molecule has 0 atom stereocenters. The molecule has 1 heterocycles. The monoisotopic (exact) mass is 248 g/mol. The topological polar surface area (TPSA) is 63.1 Å². The SMILES string of the molecule is Cc1cc(-c2ccc(Cl)cc2)nnc1C(=O)O. The van der Waals surface area contributed by atoms with E-state index in [1.807, 2.05) is 12.1 Å². The maximum atomic E-state index is 10.8. The van der Waals surface area contributed by atoms with E-state index in [2.05, 4.69) is 10.2 Å².